The van der Waals surface area contributed by atoms with Gasteiger partial charge in [0.1, 0.15) is 6.10 Å². The summed E-state index contributed by atoms with van der Waals surface area (Å²) in [7, 11) is 1.61. The van der Waals surface area contributed by atoms with Crippen LogP contribution in [0.4, 0.5) is 0 Å². The molecule has 0 bridgehead atoms. The monoisotopic (exact) mass is 428 g/mol. The summed E-state index contributed by atoms with van der Waals surface area (Å²) in [6, 6.07) is 11.3. The lowest BCUT2D eigenvalue weighted by molar-refractivity contribution is 0.135. The number of hydrogen-bond acceptors (Lipinski definition) is 8. The second kappa shape index (κ2) is 10.7. The van der Waals surface area contributed by atoms with Crippen LogP contribution in [0, 0.1) is 0 Å². The molecule has 1 aromatic carbocycles. The maximum absolute atomic E-state index is 6.20. The van der Waals surface area contributed by atoms with Gasteiger partial charge in [-0.05, 0) is 31.9 Å². The highest BCUT2D eigenvalue weighted by Crippen LogP contribution is 2.31. The lowest BCUT2D eigenvalue weighted by Gasteiger charge is -2.34. The lowest BCUT2D eigenvalue weighted by atomic mass is 9.92. The van der Waals surface area contributed by atoms with E-state index in [0.29, 0.717) is 38.1 Å². The molecule has 0 saturated carbocycles. The summed E-state index contributed by atoms with van der Waals surface area (Å²) in [5, 5.41) is 7.36. The summed E-state index contributed by atoms with van der Waals surface area (Å²) in [6.45, 7) is 5.18. The molecule has 0 spiro atoms. The molecule has 8 heteroatoms. The van der Waals surface area contributed by atoms with Gasteiger partial charge < -0.3 is 29.6 Å². The Kier molecular flexibility index (Phi) is 7.56. The first-order valence-electron chi connectivity index (χ1n) is 11.1. The van der Waals surface area contributed by atoms with Crippen LogP contribution < -0.4 is 24.8 Å². The zero-order valence-electron chi connectivity index (χ0n) is 18.3. The van der Waals surface area contributed by atoms with Gasteiger partial charge in [-0.25, -0.2) is 0 Å². The number of ether oxygens (including phenoxy) is 4. The minimum absolute atomic E-state index is 0.0266. The molecule has 0 amide bonds. The molecule has 8 nitrogen and oxygen atoms in total. The van der Waals surface area contributed by atoms with Crippen molar-refractivity contribution in [3.8, 4) is 17.8 Å². The fourth-order valence-corrected chi connectivity index (χ4v) is 4.15. The molecule has 2 aliphatic heterocycles. The van der Waals surface area contributed by atoms with Crippen LogP contribution in [0.3, 0.4) is 0 Å². The number of nitrogens with one attached hydrogen (secondary N) is 2. The van der Waals surface area contributed by atoms with Crippen LogP contribution in [-0.2, 0) is 11.3 Å². The third-order valence-electron chi connectivity index (χ3n) is 5.70. The van der Waals surface area contributed by atoms with E-state index in [0.717, 1.165) is 31.4 Å². The van der Waals surface area contributed by atoms with Crippen molar-refractivity contribution in [1.29, 1.82) is 0 Å². The first-order chi connectivity index (χ1) is 15.3. The van der Waals surface area contributed by atoms with E-state index in [2.05, 4.69) is 44.9 Å². The van der Waals surface area contributed by atoms with Crippen molar-refractivity contribution in [2.75, 3.05) is 33.5 Å². The van der Waals surface area contributed by atoms with Crippen molar-refractivity contribution < 1.29 is 18.9 Å². The van der Waals surface area contributed by atoms with E-state index in [-0.39, 0.29) is 24.2 Å². The van der Waals surface area contributed by atoms with Crippen molar-refractivity contribution in [3.05, 3.63) is 41.5 Å². The summed E-state index contributed by atoms with van der Waals surface area (Å²) in [5.41, 5.74) is 2.09. The van der Waals surface area contributed by atoms with Crippen LogP contribution in [0.25, 0.3) is 0 Å². The van der Waals surface area contributed by atoms with Gasteiger partial charge in [-0.3, -0.25) is 0 Å². The van der Waals surface area contributed by atoms with E-state index in [9.17, 15) is 0 Å². The normalized spacial score (nSPS) is 23.5. The summed E-state index contributed by atoms with van der Waals surface area (Å²) in [5.74, 6) is 0.971. The number of aromatic nitrogens is 2. The van der Waals surface area contributed by atoms with Gasteiger partial charge in [0.2, 0.25) is 11.8 Å². The van der Waals surface area contributed by atoms with Crippen molar-refractivity contribution in [2.45, 2.75) is 50.9 Å². The zero-order chi connectivity index (χ0) is 21.5. The fraction of sp³-hybridized carbons (Fsp3) is 0.565. The molecule has 0 radical (unpaired) electrons. The number of nitrogens with zero attached hydrogens (tertiary/aromatic N) is 2. The van der Waals surface area contributed by atoms with Crippen molar-refractivity contribution in [2.24, 2.45) is 0 Å². The molecular formula is C23H32N4O4. The van der Waals surface area contributed by atoms with Crippen LogP contribution in [0.5, 0.6) is 17.8 Å². The molecule has 168 valence electrons. The van der Waals surface area contributed by atoms with Gasteiger partial charge in [0.25, 0.3) is 0 Å². The van der Waals surface area contributed by atoms with Gasteiger partial charge in [0.05, 0.1) is 32.5 Å². The molecule has 2 saturated heterocycles. The third kappa shape index (κ3) is 5.44. The Labute approximate surface area is 183 Å². The predicted molar refractivity (Wildman–Crippen MR) is 117 cm³/mol. The van der Waals surface area contributed by atoms with Crippen LogP contribution in [0.2, 0.25) is 0 Å². The fourth-order valence-electron chi connectivity index (χ4n) is 4.15. The SMILES string of the molecule is CCOc1nc(OC)c(CN[C@H]2CCCN[C@H]2c2ccccc2)c(O[C@@H]2CCOC2)n1. The Balaban J connectivity index is 1.55. The highest BCUT2D eigenvalue weighted by Gasteiger charge is 2.28. The molecule has 2 aliphatic rings. The van der Waals surface area contributed by atoms with Gasteiger partial charge in [-0.1, -0.05) is 30.3 Å². The highest BCUT2D eigenvalue weighted by molar-refractivity contribution is 5.37. The smallest absolute Gasteiger partial charge is 0.323 e. The van der Waals surface area contributed by atoms with Crippen LogP contribution >= 0.6 is 0 Å². The van der Waals surface area contributed by atoms with E-state index in [4.69, 9.17) is 18.9 Å². The third-order valence-corrected chi connectivity index (χ3v) is 5.70. The number of rotatable bonds is 9. The highest BCUT2D eigenvalue weighted by atomic mass is 16.6. The second-order valence-electron chi connectivity index (χ2n) is 7.81. The van der Waals surface area contributed by atoms with E-state index in [1.165, 1.54) is 5.56 Å². The van der Waals surface area contributed by atoms with Crippen LogP contribution in [0.1, 0.15) is 43.4 Å². The first-order valence-corrected chi connectivity index (χ1v) is 11.1. The topological polar surface area (TPSA) is 86.8 Å². The van der Waals surface area contributed by atoms with Gasteiger partial charge >= 0.3 is 6.01 Å². The Bertz CT molecular complexity index is 830. The summed E-state index contributed by atoms with van der Waals surface area (Å²) in [4.78, 5) is 8.96. The van der Waals surface area contributed by atoms with Crippen molar-refractivity contribution in [1.82, 2.24) is 20.6 Å². The Hall–Kier alpha value is -2.42. The van der Waals surface area contributed by atoms with Crippen LogP contribution in [-0.4, -0.2) is 55.6 Å². The largest absolute Gasteiger partial charge is 0.481 e. The molecule has 31 heavy (non-hydrogen) atoms. The zero-order valence-corrected chi connectivity index (χ0v) is 18.3. The van der Waals surface area contributed by atoms with Crippen molar-refractivity contribution in [3.63, 3.8) is 0 Å². The molecule has 0 aliphatic carbocycles. The quantitative estimate of drug-likeness (QED) is 0.630. The Morgan fingerprint density at radius 3 is 2.74 bits per heavy atom. The summed E-state index contributed by atoms with van der Waals surface area (Å²) in [6.07, 6.45) is 3.02. The van der Waals surface area contributed by atoms with E-state index in [1.54, 1.807) is 7.11 Å². The Morgan fingerprint density at radius 2 is 2.00 bits per heavy atom. The maximum atomic E-state index is 6.20. The molecule has 2 fully saturated rings. The lowest BCUT2D eigenvalue weighted by Crippen LogP contribution is -2.45. The second-order valence-corrected chi connectivity index (χ2v) is 7.81. The molecule has 2 aromatic rings. The van der Waals surface area contributed by atoms with E-state index >= 15 is 0 Å². The number of benzene rings is 1. The van der Waals surface area contributed by atoms with Gasteiger partial charge in [-0.15, -0.1) is 0 Å². The predicted octanol–water partition coefficient (Wildman–Crippen LogP) is 2.63. The van der Waals surface area contributed by atoms with Crippen molar-refractivity contribution >= 4 is 0 Å². The first kappa shape index (κ1) is 21.8. The maximum Gasteiger partial charge on any atom is 0.323 e. The molecule has 2 N–H and O–H groups in total. The number of methoxy groups -OCH3 is 1. The molecule has 3 heterocycles. The minimum Gasteiger partial charge on any atom is -0.481 e. The van der Waals surface area contributed by atoms with E-state index in [1.807, 2.05) is 13.0 Å². The molecule has 0 unspecified atom stereocenters. The average Bonchev–Trinajstić information content (AvgIpc) is 3.32. The molecule has 3 atom stereocenters. The molecule has 4 rings (SSSR count). The number of piperidine rings is 1. The summed E-state index contributed by atoms with van der Waals surface area (Å²) < 4.78 is 22.8. The molecule has 1 aromatic heterocycles. The minimum atomic E-state index is -0.0266. The average molecular weight is 429 g/mol. The van der Waals surface area contributed by atoms with Gasteiger partial charge in [0, 0.05) is 25.0 Å². The van der Waals surface area contributed by atoms with Gasteiger partial charge in [-0.2, -0.15) is 9.97 Å². The van der Waals surface area contributed by atoms with Crippen LogP contribution in [0.15, 0.2) is 30.3 Å². The number of hydrogen-bond donors (Lipinski definition) is 2. The Morgan fingerprint density at radius 1 is 1.16 bits per heavy atom. The molecular weight excluding hydrogens is 396 g/mol. The van der Waals surface area contributed by atoms with E-state index < -0.39 is 0 Å². The standard InChI is InChI=1S/C23H32N4O4/c1-3-30-23-26-21(28-2)18(22(27-23)31-17-11-13-29-15-17)14-25-19-10-7-12-24-20(19)16-8-5-4-6-9-16/h4-6,8-9,17,19-20,24-25H,3,7,10-15H2,1-2H3/t17-,19+,20+/m1/s1. The van der Waals surface area contributed by atoms with Gasteiger partial charge in [0.15, 0.2) is 0 Å². The summed E-state index contributed by atoms with van der Waals surface area (Å²) >= 11 is 0.